The van der Waals surface area contributed by atoms with Crippen molar-refractivity contribution >= 4 is 17.6 Å². The van der Waals surface area contributed by atoms with Crippen LogP contribution < -0.4 is 5.32 Å². The highest BCUT2D eigenvalue weighted by molar-refractivity contribution is 6.09. The van der Waals surface area contributed by atoms with E-state index in [0.29, 0.717) is 22.4 Å². The van der Waals surface area contributed by atoms with Crippen LogP contribution in [0.2, 0.25) is 0 Å². The number of hydrogen-bond acceptors (Lipinski definition) is 2. The van der Waals surface area contributed by atoms with E-state index in [9.17, 15) is 14.0 Å². The fourth-order valence-corrected chi connectivity index (χ4v) is 2.61. The number of carbonyl (C=O) groups excluding carboxylic acids is 1. The van der Waals surface area contributed by atoms with Crippen LogP contribution in [0.4, 0.5) is 10.1 Å². The Morgan fingerprint density at radius 1 is 1.08 bits per heavy atom. The van der Waals surface area contributed by atoms with E-state index in [1.54, 1.807) is 43.4 Å². The Kier molecular flexibility index (Phi) is 4.35. The Morgan fingerprint density at radius 2 is 1.76 bits per heavy atom. The average Bonchev–Trinajstić information content (AvgIpc) is 2.96. The number of rotatable bonds is 4. The second kappa shape index (κ2) is 6.60. The molecule has 0 atom stereocenters. The largest absolute Gasteiger partial charge is 0.477 e. The number of carboxylic acid groups (broad SMARTS) is 1. The summed E-state index contributed by atoms with van der Waals surface area (Å²) in [7, 11) is 1.59. The van der Waals surface area contributed by atoms with Gasteiger partial charge in [-0.3, -0.25) is 4.79 Å². The summed E-state index contributed by atoms with van der Waals surface area (Å²) in [5, 5.41) is 11.8. The summed E-state index contributed by atoms with van der Waals surface area (Å²) < 4.78 is 14.5. The first-order chi connectivity index (χ1) is 12.0. The Morgan fingerprint density at radius 3 is 2.40 bits per heavy atom. The molecule has 1 amide bonds. The van der Waals surface area contributed by atoms with Crippen molar-refractivity contribution in [1.29, 1.82) is 0 Å². The van der Waals surface area contributed by atoms with Gasteiger partial charge in [-0.15, -0.1) is 0 Å². The normalized spacial score (nSPS) is 10.5. The first kappa shape index (κ1) is 16.4. The van der Waals surface area contributed by atoms with E-state index < -0.39 is 5.97 Å². The lowest BCUT2D eigenvalue weighted by Gasteiger charge is -2.09. The molecule has 6 heteroatoms. The first-order valence-electron chi connectivity index (χ1n) is 7.51. The molecule has 0 radical (unpaired) electrons. The first-order valence-corrected chi connectivity index (χ1v) is 7.51. The molecule has 5 nitrogen and oxygen atoms in total. The van der Waals surface area contributed by atoms with Gasteiger partial charge in [0.05, 0.1) is 5.69 Å². The van der Waals surface area contributed by atoms with Crippen molar-refractivity contribution in [2.75, 3.05) is 5.32 Å². The van der Waals surface area contributed by atoms with Gasteiger partial charge in [0, 0.05) is 18.8 Å². The standard InChI is InChI=1S/C19H15FN2O3/c1-22-11-14(10-17(22)19(24)25)21-18(23)16-5-3-2-4-15(16)12-6-8-13(20)9-7-12/h2-11H,1H3,(H,21,23)(H,24,25). The molecular formula is C19H15FN2O3. The number of hydrogen-bond donors (Lipinski definition) is 2. The third-order valence-corrected chi connectivity index (χ3v) is 3.81. The summed E-state index contributed by atoms with van der Waals surface area (Å²) in [5.41, 5.74) is 2.25. The molecular weight excluding hydrogens is 323 g/mol. The van der Waals surface area contributed by atoms with Gasteiger partial charge >= 0.3 is 5.97 Å². The molecule has 0 saturated heterocycles. The molecule has 1 aromatic heterocycles. The molecule has 3 aromatic rings. The molecule has 2 aromatic carbocycles. The van der Waals surface area contributed by atoms with Crippen molar-refractivity contribution in [3.63, 3.8) is 0 Å². The molecule has 2 N–H and O–H groups in total. The lowest BCUT2D eigenvalue weighted by molar-refractivity contribution is 0.0686. The smallest absolute Gasteiger partial charge is 0.352 e. The predicted octanol–water partition coefficient (Wildman–Crippen LogP) is 3.78. The minimum absolute atomic E-state index is 0.0714. The van der Waals surface area contributed by atoms with Crippen molar-refractivity contribution in [2.24, 2.45) is 7.05 Å². The minimum atomic E-state index is -1.07. The van der Waals surface area contributed by atoms with Crippen LogP contribution in [-0.2, 0) is 7.05 Å². The number of nitrogens with one attached hydrogen (secondary N) is 1. The number of amides is 1. The second-order valence-electron chi connectivity index (χ2n) is 5.54. The number of aromatic carboxylic acids is 1. The van der Waals surface area contributed by atoms with Crippen LogP contribution in [0.1, 0.15) is 20.8 Å². The third kappa shape index (κ3) is 3.42. The van der Waals surface area contributed by atoms with Crippen molar-refractivity contribution in [3.05, 3.63) is 77.9 Å². The Balaban J connectivity index is 1.92. The van der Waals surface area contributed by atoms with Crippen LogP contribution in [0.25, 0.3) is 11.1 Å². The van der Waals surface area contributed by atoms with E-state index in [0.717, 1.165) is 0 Å². The lowest BCUT2D eigenvalue weighted by Crippen LogP contribution is -2.12. The average molecular weight is 338 g/mol. The SMILES string of the molecule is Cn1cc(NC(=O)c2ccccc2-c2ccc(F)cc2)cc1C(=O)O. The maximum absolute atomic E-state index is 13.1. The molecule has 0 spiro atoms. The lowest BCUT2D eigenvalue weighted by atomic mass is 9.99. The number of aromatic nitrogens is 1. The molecule has 0 aliphatic heterocycles. The van der Waals surface area contributed by atoms with Crippen LogP contribution in [0, 0.1) is 5.82 Å². The van der Waals surface area contributed by atoms with Crippen molar-refractivity contribution in [1.82, 2.24) is 4.57 Å². The second-order valence-corrected chi connectivity index (χ2v) is 5.54. The number of anilines is 1. The zero-order valence-corrected chi connectivity index (χ0v) is 13.4. The maximum atomic E-state index is 13.1. The van der Waals surface area contributed by atoms with Crippen LogP contribution in [0.15, 0.2) is 60.8 Å². The van der Waals surface area contributed by atoms with Crippen molar-refractivity contribution in [3.8, 4) is 11.1 Å². The molecule has 0 aliphatic carbocycles. The molecule has 0 bridgehead atoms. The summed E-state index contributed by atoms with van der Waals surface area (Å²) in [6.45, 7) is 0. The minimum Gasteiger partial charge on any atom is -0.477 e. The zero-order chi connectivity index (χ0) is 18.0. The summed E-state index contributed by atoms with van der Waals surface area (Å²) in [6, 6.07) is 14.2. The molecule has 0 aliphatic rings. The van der Waals surface area contributed by atoms with E-state index in [1.807, 2.05) is 0 Å². The van der Waals surface area contributed by atoms with Gasteiger partial charge in [-0.25, -0.2) is 9.18 Å². The molecule has 25 heavy (non-hydrogen) atoms. The van der Waals surface area contributed by atoms with Crippen molar-refractivity contribution in [2.45, 2.75) is 0 Å². The van der Waals surface area contributed by atoms with Gasteiger partial charge in [0.15, 0.2) is 0 Å². The molecule has 3 rings (SSSR count). The Hall–Kier alpha value is -3.41. The molecule has 0 fully saturated rings. The number of benzene rings is 2. The molecule has 0 unspecified atom stereocenters. The number of carboxylic acids is 1. The monoisotopic (exact) mass is 338 g/mol. The fourth-order valence-electron chi connectivity index (χ4n) is 2.61. The Bertz CT molecular complexity index is 946. The van der Waals surface area contributed by atoms with Gasteiger partial charge in [-0.2, -0.15) is 0 Å². The van der Waals surface area contributed by atoms with Gasteiger partial charge in [0.25, 0.3) is 5.91 Å². The van der Waals surface area contributed by atoms with E-state index in [1.165, 1.54) is 29.0 Å². The van der Waals surface area contributed by atoms with Gasteiger partial charge in [0.2, 0.25) is 0 Å². The van der Waals surface area contributed by atoms with Crippen LogP contribution in [-0.4, -0.2) is 21.6 Å². The number of nitrogens with zero attached hydrogens (tertiary/aromatic N) is 1. The van der Waals surface area contributed by atoms with E-state index in [4.69, 9.17) is 5.11 Å². The maximum Gasteiger partial charge on any atom is 0.352 e. The van der Waals surface area contributed by atoms with Gasteiger partial charge in [-0.1, -0.05) is 30.3 Å². The van der Waals surface area contributed by atoms with Crippen LogP contribution in [0.3, 0.4) is 0 Å². The highest BCUT2D eigenvalue weighted by Gasteiger charge is 2.15. The summed E-state index contributed by atoms with van der Waals surface area (Å²) in [4.78, 5) is 23.7. The summed E-state index contributed by atoms with van der Waals surface area (Å²) in [6.07, 6.45) is 1.53. The van der Waals surface area contributed by atoms with Gasteiger partial charge in [-0.05, 0) is 35.4 Å². The number of carbonyl (C=O) groups is 2. The Labute approximate surface area is 143 Å². The summed E-state index contributed by atoms with van der Waals surface area (Å²) >= 11 is 0. The van der Waals surface area contributed by atoms with Gasteiger partial charge < -0.3 is 15.0 Å². The van der Waals surface area contributed by atoms with E-state index >= 15 is 0 Å². The van der Waals surface area contributed by atoms with E-state index in [-0.39, 0.29) is 17.4 Å². The van der Waals surface area contributed by atoms with Crippen molar-refractivity contribution < 1.29 is 19.1 Å². The molecule has 0 saturated carbocycles. The summed E-state index contributed by atoms with van der Waals surface area (Å²) in [5.74, 6) is -1.80. The fraction of sp³-hybridized carbons (Fsp3) is 0.0526. The topological polar surface area (TPSA) is 71.3 Å². The van der Waals surface area contributed by atoms with E-state index in [2.05, 4.69) is 5.32 Å². The van der Waals surface area contributed by atoms with Crippen LogP contribution in [0.5, 0.6) is 0 Å². The number of halogens is 1. The highest BCUT2D eigenvalue weighted by atomic mass is 19.1. The molecule has 1 heterocycles. The predicted molar refractivity (Wildman–Crippen MR) is 92.2 cm³/mol. The zero-order valence-electron chi connectivity index (χ0n) is 13.4. The van der Waals surface area contributed by atoms with Crippen LogP contribution >= 0.6 is 0 Å². The molecule has 126 valence electrons. The third-order valence-electron chi connectivity index (χ3n) is 3.81. The quantitative estimate of drug-likeness (QED) is 0.760. The highest BCUT2D eigenvalue weighted by Crippen LogP contribution is 2.25. The number of aryl methyl sites for hydroxylation is 1. The van der Waals surface area contributed by atoms with Gasteiger partial charge in [0.1, 0.15) is 11.5 Å².